The molecule has 0 aromatic heterocycles. The van der Waals surface area contributed by atoms with Gasteiger partial charge in [0, 0.05) is 0 Å². The summed E-state index contributed by atoms with van der Waals surface area (Å²) in [6.07, 6.45) is 0. The molecule has 0 bridgehead atoms. The smallest absolute Gasteiger partial charge is 0.813 e. The van der Waals surface area contributed by atoms with Crippen molar-refractivity contribution in [2.45, 2.75) is 0 Å². The molecule has 5 heavy (non-hydrogen) atoms. The van der Waals surface area contributed by atoms with Crippen LogP contribution in [0.15, 0.2) is 0 Å². The van der Waals surface area contributed by atoms with Crippen molar-refractivity contribution in [2.75, 3.05) is 0 Å². The van der Waals surface area contributed by atoms with Gasteiger partial charge < -0.3 is 13.5 Å². The molecule has 0 radical (unpaired) electrons. The Hall–Kier alpha value is 2.04. The summed E-state index contributed by atoms with van der Waals surface area (Å²) in [5, 5.41) is 0. The SMILES string of the molecule is [BaH+].[O]=[Mn]=[O].[SH-]. The molecule has 0 aliphatic heterocycles. The molecule has 0 amide bonds. The molecule has 0 spiro atoms. The van der Waals surface area contributed by atoms with E-state index >= 15 is 0 Å². The van der Waals surface area contributed by atoms with Crippen molar-refractivity contribution in [3.63, 3.8) is 0 Å². The van der Waals surface area contributed by atoms with Crippen molar-refractivity contribution in [1.82, 2.24) is 0 Å². The van der Waals surface area contributed by atoms with Gasteiger partial charge >= 0.3 is 71.4 Å². The molecule has 0 atom stereocenters. The molecule has 5 heteroatoms. The topological polar surface area (TPSA) is 34.1 Å². The van der Waals surface area contributed by atoms with Crippen molar-refractivity contribution in [2.24, 2.45) is 0 Å². The minimum Gasteiger partial charge on any atom is -0.813 e. The van der Waals surface area contributed by atoms with Crippen LogP contribution in [0.3, 0.4) is 0 Å². The van der Waals surface area contributed by atoms with Crippen LogP contribution in [0.2, 0.25) is 0 Å². The Balaban J connectivity index is -0.0000000200. The van der Waals surface area contributed by atoms with E-state index in [-0.39, 0.29) is 62.4 Å². The Morgan fingerprint density at radius 1 is 1.20 bits per heavy atom. The Labute approximate surface area is 83.2 Å². The van der Waals surface area contributed by atoms with Gasteiger partial charge in [-0.25, -0.2) is 0 Å². The first kappa shape index (κ1) is 15.7. The summed E-state index contributed by atoms with van der Waals surface area (Å²) in [5.74, 6) is 0. The quantitative estimate of drug-likeness (QED) is 0.312. The molecule has 29 valence electrons. The molecule has 0 saturated heterocycles. The van der Waals surface area contributed by atoms with Crippen LogP contribution in [0, 0.1) is 0 Å². The first-order valence-corrected chi connectivity index (χ1v) is 1.27. The van der Waals surface area contributed by atoms with Crippen LogP contribution in [0.1, 0.15) is 0 Å². The second-order valence-corrected chi connectivity index (χ2v) is 0.260. The normalized spacial score (nSPS) is 2.40. The maximum absolute atomic E-state index is 8.41. The van der Waals surface area contributed by atoms with Crippen LogP contribution >= 0.6 is 0 Å². The number of thiol groups is 1. The van der Waals surface area contributed by atoms with Crippen LogP contribution < -0.4 is 0 Å². The van der Waals surface area contributed by atoms with Gasteiger partial charge in [-0.1, -0.05) is 0 Å². The monoisotopic (exact) mass is 259 g/mol. The second kappa shape index (κ2) is 16.6. The van der Waals surface area contributed by atoms with E-state index in [0.717, 1.165) is 0 Å². The first-order valence-electron chi connectivity index (χ1n) is 0.309. The van der Waals surface area contributed by atoms with Crippen LogP contribution in [0.5, 0.6) is 0 Å². The maximum Gasteiger partial charge on any atom is -0.813 e. The Kier molecular flexibility index (Phi) is 52.2. The summed E-state index contributed by atoms with van der Waals surface area (Å²) in [7, 11) is 0. The van der Waals surface area contributed by atoms with E-state index in [4.69, 9.17) is 7.67 Å². The molecule has 0 unspecified atom stereocenters. The second-order valence-electron chi connectivity index (χ2n) is 0.0630. The Bertz CT molecular complexity index is 30.6. The molecule has 0 aromatic rings. The van der Waals surface area contributed by atoms with Gasteiger partial charge in [0.05, 0.1) is 0 Å². The van der Waals surface area contributed by atoms with Crippen LogP contribution in [-0.4, -0.2) is 48.9 Å². The van der Waals surface area contributed by atoms with Crippen LogP contribution in [-0.2, 0) is 36.0 Å². The number of hydrogen-bond donors (Lipinski definition) is 0. The molecular formula is H2BaMnO2S. The zero-order chi connectivity index (χ0) is 2.71. The van der Waals surface area contributed by atoms with E-state index in [1.54, 1.807) is 0 Å². The van der Waals surface area contributed by atoms with Crippen LogP contribution in [0.25, 0.3) is 0 Å². The van der Waals surface area contributed by atoms with E-state index < -0.39 is 14.8 Å². The Morgan fingerprint density at radius 2 is 1.20 bits per heavy atom. The fourth-order valence-electron chi connectivity index (χ4n) is 0. The van der Waals surface area contributed by atoms with Crippen molar-refractivity contribution in [1.29, 1.82) is 0 Å². The third kappa shape index (κ3) is 23.7. The van der Waals surface area contributed by atoms with Gasteiger partial charge in [-0.05, 0) is 0 Å². The Morgan fingerprint density at radius 3 is 1.20 bits per heavy atom. The van der Waals surface area contributed by atoms with E-state index in [1.165, 1.54) is 0 Å². The van der Waals surface area contributed by atoms with Gasteiger partial charge in [0.15, 0.2) is 0 Å². The molecule has 0 fully saturated rings. The standard InChI is InChI=1S/Ba.Mn.2O.H2S.H/h;;;;1H2;/q+1;;;;;/p-1. The third-order valence-electron chi connectivity index (χ3n) is 0. The van der Waals surface area contributed by atoms with Gasteiger partial charge in [0.1, 0.15) is 0 Å². The zero-order valence-corrected chi connectivity index (χ0v) is 11.0. The minimum absolute atomic E-state index is 0. The number of rotatable bonds is 0. The summed E-state index contributed by atoms with van der Waals surface area (Å²) in [5.41, 5.74) is 0. The van der Waals surface area contributed by atoms with E-state index in [0.29, 0.717) is 0 Å². The fraction of sp³-hybridized carbons (Fsp3) is 0. The van der Waals surface area contributed by atoms with Crippen molar-refractivity contribution >= 4 is 62.4 Å². The van der Waals surface area contributed by atoms with Crippen molar-refractivity contribution < 1.29 is 22.5 Å². The molecule has 0 aliphatic carbocycles. The molecule has 0 saturated carbocycles. The van der Waals surface area contributed by atoms with Crippen molar-refractivity contribution in [3.05, 3.63) is 0 Å². The number of hydrogen-bond acceptors (Lipinski definition) is 3. The van der Waals surface area contributed by atoms with E-state index in [2.05, 4.69) is 0 Å². The summed E-state index contributed by atoms with van der Waals surface area (Å²) >= 11 is -1.44. The minimum atomic E-state index is -1.44. The van der Waals surface area contributed by atoms with Gasteiger partial charge in [-0.2, -0.15) is 0 Å². The van der Waals surface area contributed by atoms with Gasteiger partial charge in [0.25, 0.3) is 0 Å². The molecule has 0 N–H and O–H groups in total. The van der Waals surface area contributed by atoms with E-state index in [1.807, 2.05) is 0 Å². The predicted molar refractivity (Wildman–Crippen MR) is 17.3 cm³/mol. The van der Waals surface area contributed by atoms with Crippen LogP contribution in [0.4, 0.5) is 0 Å². The summed E-state index contributed by atoms with van der Waals surface area (Å²) < 4.78 is 16.8. The fourth-order valence-corrected chi connectivity index (χ4v) is 0. The van der Waals surface area contributed by atoms with Gasteiger partial charge in [-0.3, -0.25) is 0 Å². The molecule has 0 aromatic carbocycles. The van der Waals surface area contributed by atoms with E-state index in [9.17, 15) is 0 Å². The third-order valence-corrected chi connectivity index (χ3v) is 0. The molecular weight excluding hydrogens is 256 g/mol. The zero-order valence-electron chi connectivity index (χ0n) is 2.64. The summed E-state index contributed by atoms with van der Waals surface area (Å²) in [6, 6.07) is 0. The van der Waals surface area contributed by atoms with Crippen molar-refractivity contribution in [3.8, 4) is 0 Å². The average molecular weight is 258 g/mol. The summed E-state index contributed by atoms with van der Waals surface area (Å²) in [4.78, 5) is 0. The molecule has 0 aliphatic rings. The predicted octanol–water partition coefficient (Wildman–Crippen LogP) is -1.16. The first-order chi connectivity index (χ1) is 1.41. The largest absolute Gasteiger partial charge is 0.813 e. The maximum atomic E-state index is 8.41. The molecule has 0 rings (SSSR count). The average Bonchev–Trinajstić information content (AvgIpc) is 0.918. The van der Waals surface area contributed by atoms with Gasteiger partial charge in [-0.15, -0.1) is 0 Å². The molecule has 0 heterocycles. The summed E-state index contributed by atoms with van der Waals surface area (Å²) in [6.45, 7) is 0. The van der Waals surface area contributed by atoms with Gasteiger partial charge in [0.2, 0.25) is 0 Å². The molecule has 2 nitrogen and oxygen atoms in total.